The van der Waals surface area contributed by atoms with E-state index in [-0.39, 0.29) is 12.4 Å². The number of nitrogens with zero attached hydrogens (tertiary/aromatic N) is 3. The summed E-state index contributed by atoms with van der Waals surface area (Å²) >= 11 is 0. The summed E-state index contributed by atoms with van der Waals surface area (Å²) in [5.41, 5.74) is 3.19. The third-order valence-corrected chi connectivity index (χ3v) is 5.25. The molecule has 2 atom stereocenters. The van der Waals surface area contributed by atoms with E-state index >= 15 is 0 Å². The Morgan fingerprint density at radius 1 is 1.35 bits per heavy atom. The Morgan fingerprint density at radius 3 is 2.73 bits per heavy atom. The molecule has 1 saturated carbocycles. The van der Waals surface area contributed by atoms with E-state index in [9.17, 15) is 9.18 Å². The van der Waals surface area contributed by atoms with Crippen LogP contribution in [0.4, 0.5) is 4.39 Å². The van der Waals surface area contributed by atoms with Gasteiger partial charge in [-0.25, -0.2) is 4.39 Å². The molecule has 6 heteroatoms. The lowest BCUT2D eigenvalue weighted by Crippen LogP contribution is -2.06. The lowest BCUT2D eigenvalue weighted by Gasteiger charge is -2.11. The van der Waals surface area contributed by atoms with Gasteiger partial charge in [0.15, 0.2) is 6.29 Å². The zero-order chi connectivity index (χ0) is 18.3. The van der Waals surface area contributed by atoms with Gasteiger partial charge in [-0.05, 0) is 42.9 Å². The SMILES string of the molecule is Cc1c(C=O)c2cnnc(OCc3ccc(F)cc3)c2n1CC1CC1C. The smallest absolute Gasteiger partial charge is 0.258 e. The lowest BCUT2D eigenvalue weighted by atomic mass is 10.2. The van der Waals surface area contributed by atoms with Crippen molar-refractivity contribution < 1.29 is 13.9 Å². The molecule has 0 saturated heterocycles. The highest BCUT2D eigenvalue weighted by Crippen LogP contribution is 2.41. The average Bonchev–Trinajstić information content (AvgIpc) is 3.27. The van der Waals surface area contributed by atoms with Gasteiger partial charge in [0.2, 0.25) is 0 Å². The fraction of sp³-hybridized carbons (Fsp3) is 0.350. The molecule has 2 aromatic heterocycles. The largest absolute Gasteiger partial charge is 0.470 e. The maximum Gasteiger partial charge on any atom is 0.258 e. The van der Waals surface area contributed by atoms with Crippen LogP contribution in [0.3, 0.4) is 0 Å². The summed E-state index contributed by atoms with van der Waals surface area (Å²) in [6.07, 6.45) is 3.68. The maximum absolute atomic E-state index is 13.1. The molecule has 1 aliphatic carbocycles. The van der Waals surface area contributed by atoms with E-state index in [2.05, 4.69) is 21.7 Å². The van der Waals surface area contributed by atoms with Crippen LogP contribution in [0.5, 0.6) is 5.88 Å². The van der Waals surface area contributed by atoms with Crippen LogP contribution < -0.4 is 4.74 Å². The summed E-state index contributed by atoms with van der Waals surface area (Å²) in [6, 6.07) is 6.15. The van der Waals surface area contributed by atoms with Gasteiger partial charge in [-0.3, -0.25) is 4.79 Å². The predicted octanol–water partition coefficient (Wildman–Crippen LogP) is 3.93. The summed E-state index contributed by atoms with van der Waals surface area (Å²) in [4.78, 5) is 11.6. The Morgan fingerprint density at radius 2 is 2.08 bits per heavy atom. The van der Waals surface area contributed by atoms with Gasteiger partial charge < -0.3 is 9.30 Å². The number of aldehydes is 1. The van der Waals surface area contributed by atoms with Crippen LogP contribution in [0.25, 0.3) is 10.9 Å². The summed E-state index contributed by atoms with van der Waals surface area (Å²) < 4.78 is 21.1. The van der Waals surface area contributed by atoms with Crippen LogP contribution in [0, 0.1) is 24.6 Å². The maximum atomic E-state index is 13.1. The van der Waals surface area contributed by atoms with Crippen molar-refractivity contribution in [2.24, 2.45) is 11.8 Å². The number of rotatable bonds is 6. The second-order valence-electron chi connectivity index (χ2n) is 7.03. The van der Waals surface area contributed by atoms with Crippen molar-refractivity contribution in [3.63, 3.8) is 0 Å². The Labute approximate surface area is 150 Å². The highest BCUT2D eigenvalue weighted by Gasteiger charge is 2.34. The molecule has 0 spiro atoms. The zero-order valence-corrected chi connectivity index (χ0v) is 14.8. The predicted molar refractivity (Wildman–Crippen MR) is 95.7 cm³/mol. The summed E-state index contributed by atoms with van der Waals surface area (Å²) in [5, 5.41) is 8.92. The number of ether oxygens (including phenoxy) is 1. The molecule has 0 amide bonds. The molecular formula is C20H20FN3O2. The number of benzene rings is 1. The molecule has 1 aromatic carbocycles. The van der Waals surface area contributed by atoms with Gasteiger partial charge in [-0.2, -0.15) is 5.10 Å². The number of hydrogen-bond donors (Lipinski definition) is 0. The van der Waals surface area contributed by atoms with E-state index in [1.165, 1.54) is 18.6 Å². The quantitative estimate of drug-likeness (QED) is 0.630. The van der Waals surface area contributed by atoms with Crippen LogP contribution in [-0.4, -0.2) is 21.1 Å². The van der Waals surface area contributed by atoms with Crippen molar-refractivity contribution in [1.82, 2.24) is 14.8 Å². The van der Waals surface area contributed by atoms with Crippen LogP contribution in [0.2, 0.25) is 0 Å². The van der Waals surface area contributed by atoms with Crippen LogP contribution >= 0.6 is 0 Å². The minimum absolute atomic E-state index is 0.258. The first-order chi connectivity index (χ1) is 12.6. The first kappa shape index (κ1) is 16.7. The van der Waals surface area contributed by atoms with Gasteiger partial charge in [0.25, 0.3) is 5.88 Å². The van der Waals surface area contributed by atoms with Crippen molar-refractivity contribution in [3.05, 3.63) is 53.1 Å². The van der Waals surface area contributed by atoms with Crippen LogP contribution in [0.1, 0.15) is 35.0 Å². The fourth-order valence-electron chi connectivity index (χ4n) is 3.42. The number of carbonyl (C=O) groups is 1. The van der Waals surface area contributed by atoms with Crippen molar-refractivity contribution in [2.75, 3.05) is 0 Å². The first-order valence-corrected chi connectivity index (χ1v) is 8.75. The second kappa shape index (κ2) is 6.52. The normalized spacial score (nSPS) is 18.9. The van der Waals surface area contributed by atoms with Gasteiger partial charge in [-0.15, -0.1) is 5.10 Å². The zero-order valence-electron chi connectivity index (χ0n) is 14.8. The number of aromatic nitrogens is 3. The highest BCUT2D eigenvalue weighted by molar-refractivity contribution is 6.00. The van der Waals surface area contributed by atoms with E-state index < -0.39 is 0 Å². The minimum atomic E-state index is -0.283. The topological polar surface area (TPSA) is 57.0 Å². The Bertz CT molecular complexity index is 965. The molecule has 2 unspecified atom stereocenters. The standard InChI is InChI=1S/C20H20FN3O2/c1-12-7-15(12)9-24-13(2)18(10-25)17-8-22-23-20(19(17)24)26-11-14-3-5-16(21)6-4-14/h3-6,8,10,12,15H,7,9,11H2,1-2H3. The molecule has 0 bridgehead atoms. The minimum Gasteiger partial charge on any atom is -0.470 e. The van der Waals surface area contributed by atoms with E-state index in [4.69, 9.17) is 4.74 Å². The van der Waals surface area contributed by atoms with Gasteiger partial charge in [0.05, 0.1) is 6.20 Å². The van der Waals surface area contributed by atoms with Crippen molar-refractivity contribution >= 4 is 17.2 Å². The van der Waals surface area contributed by atoms with Gasteiger partial charge >= 0.3 is 0 Å². The van der Waals surface area contributed by atoms with Gasteiger partial charge in [0, 0.05) is 23.2 Å². The van der Waals surface area contributed by atoms with Crippen molar-refractivity contribution in [1.29, 1.82) is 0 Å². The highest BCUT2D eigenvalue weighted by atomic mass is 19.1. The number of fused-ring (bicyclic) bond motifs is 1. The molecule has 3 aromatic rings. The van der Waals surface area contributed by atoms with E-state index in [0.717, 1.165) is 35.0 Å². The molecule has 2 heterocycles. The van der Waals surface area contributed by atoms with E-state index in [1.54, 1.807) is 18.3 Å². The molecule has 0 radical (unpaired) electrons. The number of carbonyl (C=O) groups excluding carboxylic acids is 1. The van der Waals surface area contributed by atoms with Crippen LogP contribution in [0.15, 0.2) is 30.5 Å². The molecule has 4 rings (SSSR count). The monoisotopic (exact) mass is 353 g/mol. The molecule has 26 heavy (non-hydrogen) atoms. The third kappa shape index (κ3) is 2.96. The first-order valence-electron chi connectivity index (χ1n) is 8.75. The fourth-order valence-corrected chi connectivity index (χ4v) is 3.42. The third-order valence-electron chi connectivity index (χ3n) is 5.25. The lowest BCUT2D eigenvalue weighted by molar-refractivity contribution is 0.112. The van der Waals surface area contributed by atoms with Crippen LogP contribution in [-0.2, 0) is 13.2 Å². The average molecular weight is 353 g/mol. The second-order valence-corrected chi connectivity index (χ2v) is 7.03. The molecule has 0 aliphatic heterocycles. The Kier molecular flexibility index (Phi) is 4.18. The van der Waals surface area contributed by atoms with Gasteiger partial charge in [-0.1, -0.05) is 19.1 Å². The van der Waals surface area contributed by atoms with E-state index in [0.29, 0.717) is 23.3 Å². The summed E-state index contributed by atoms with van der Waals surface area (Å²) in [7, 11) is 0. The molecule has 1 fully saturated rings. The molecular weight excluding hydrogens is 333 g/mol. The molecule has 0 N–H and O–H groups in total. The Hall–Kier alpha value is -2.76. The summed E-state index contributed by atoms with van der Waals surface area (Å²) in [5.74, 6) is 1.43. The van der Waals surface area contributed by atoms with Crippen molar-refractivity contribution in [2.45, 2.75) is 33.4 Å². The molecule has 5 nitrogen and oxygen atoms in total. The number of halogens is 1. The van der Waals surface area contributed by atoms with Crippen molar-refractivity contribution in [3.8, 4) is 5.88 Å². The Balaban J connectivity index is 1.71. The molecule has 134 valence electrons. The molecule has 1 aliphatic rings. The number of hydrogen-bond acceptors (Lipinski definition) is 4. The summed E-state index contributed by atoms with van der Waals surface area (Å²) in [6.45, 7) is 5.28. The van der Waals surface area contributed by atoms with Gasteiger partial charge in [0.1, 0.15) is 17.9 Å². The van der Waals surface area contributed by atoms with E-state index in [1.807, 2.05) is 6.92 Å².